The normalized spacial score (nSPS) is 17.8. The molecule has 1 aromatic carbocycles. The summed E-state index contributed by atoms with van der Waals surface area (Å²) in [6.07, 6.45) is 0.0496. The standard InChI is InChI=1S/C56H95N7O15/c1-14-36(7)50(62(10)55(71)49(35(5)6)61-54(70)48(57)34(3)4)43(73-11)31-45(66)63-28-20-24-42(63)51(75-13)37(8)52(68)60-41(30-39-22-17-16-18-23-39)53(69)58-27-21-29-76-56(72)38(9)59-44(65)25-19-26-46(67)77-33-47(74-12)78-40(15-2)32-64/h16-18,22-23,34-38,40-43,47-51,64H,14-15,19-21,24-33,57H2,1-13H3,(H,58,69)(H,59,65)(H,60,68)(H,61,70)/t36-,37+,38+,40?,41-,42-,43+,47?,48-,49-,50-,51+/m0/s1. The van der Waals surface area contributed by atoms with Crippen LogP contribution >= 0.6 is 0 Å². The lowest BCUT2D eigenvalue weighted by Gasteiger charge is -2.41. The van der Waals surface area contributed by atoms with E-state index in [4.69, 9.17) is 34.2 Å². The van der Waals surface area contributed by atoms with E-state index < -0.39 is 102 Å². The van der Waals surface area contributed by atoms with Crippen molar-refractivity contribution in [3.05, 3.63) is 35.9 Å². The number of likely N-dealkylation sites (tertiary alicyclic amines) is 1. The molecule has 12 atom stereocenters. The molecule has 0 aliphatic carbocycles. The van der Waals surface area contributed by atoms with Crippen LogP contribution in [0.15, 0.2) is 30.3 Å². The van der Waals surface area contributed by atoms with Crippen LogP contribution in [0, 0.1) is 23.7 Å². The van der Waals surface area contributed by atoms with E-state index in [-0.39, 0.29) is 94.5 Å². The summed E-state index contributed by atoms with van der Waals surface area (Å²) in [5, 5.41) is 20.5. The van der Waals surface area contributed by atoms with Crippen LogP contribution in [0.25, 0.3) is 0 Å². The number of nitrogens with one attached hydrogen (secondary N) is 4. The average molecular weight is 1110 g/mol. The van der Waals surface area contributed by atoms with E-state index >= 15 is 0 Å². The second-order valence-electron chi connectivity index (χ2n) is 21.0. The molecule has 6 amide bonds. The molecule has 1 saturated heterocycles. The number of aliphatic hydroxyl groups is 1. The fourth-order valence-corrected chi connectivity index (χ4v) is 9.30. The maximum absolute atomic E-state index is 14.4. The van der Waals surface area contributed by atoms with Gasteiger partial charge in [-0.15, -0.1) is 0 Å². The Morgan fingerprint density at radius 3 is 2.06 bits per heavy atom. The van der Waals surface area contributed by atoms with Crippen LogP contribution in [0.4, 0.5) is 0 Å². The highest BCUT2D eigenvalue weighted by atomic mass is 16.7. The number of carbonyl (C=O) groups is 8. The first-order valence-electron chi connectivity index (χ1n) is 27.7. The van der Waals surface area contributed by atoms with Crippen molar-refractivity contribution in [1.82, 2.24) is 31.1 Å². The van der Waals surface area contributed by atoms with Crippen molar-refractivity contribution in [2.45, 2.75) is 187 Å². The highest BCUT2D eigenvalue weighted by Crippen LogP contribution is 2.30. The fourth-order valence-electron chi connectivity index (χ4n) is 9.30. The zero-order chi connectivity index (χ0) is 58.6. The molecule has 0 radical (unpaired) electrons. The fraction of sp³-hybridized carbons (Fsp3) is 0.750. The Morgan fingerprint density at radius 2 is 1.49 bits per heavy atom. The van der Waals surface area contributed by atoms with E-state index in [9.17, 15) is 43.5 Å². The molecule has 0 spiro atoms. The summed E-state index contributed by atoms with van der Waals surface area (Å²) in [6.45, 7) is 16.4. The number of methoxy groups -OCH3 is 3. The van der Waals surface area contributed by atoms with Crippen LogP contribution in [-0.2, 0) is 73.2 Å². The highest BCUT2D eigenvalue weighted by molar-refractivity contribution is 5.91. The van der Waals surface area contributed by atoms with E-state index in [1.165, 1.54) is 28.3 Å². The number of hydrogen-bond acceptors (Lipinski definition) is 16. The molecule has 22 nitrogen and oxygen atoms in total. The predicted molar refractivity (Wildman–Crippen MR) is 292 cm³/mol. The third-order valence-corrected chi connectivity index (χ3v) is 14.5. The van der Waals surface area contributed by atoms with Gasteiger partial charge in [-0.2, -0.15) is 0 Å². The number of esters is 2. The maximum atomic E-state index is 14.4. The summed E-state index contributed by atoms with van der Waals surface area (Å²) in [5.41, 5.74) is 6.94. The Hall–Kier alpha value is -5.26. The molecule has 2 rings (SSSR count). The van der Waals surface area contributed by atoms with E-state index in [0.717, 1.165) is 5.56 Å². The average Bonchev–Trinajstić information content (AvgIpc) is 3.91. The lowest BCUT2D eigenvalue weighted by Crippen LogP contribution is -2.59. The van der Waals surface area contributed by atoms with Gasteiger partial charge in [0.1, 0.15) is 24.7 Å². The number of rotatable bonds is 37. The molecule has 1 aliphatic rings. The molecule has 1 aliphatic heterocycles. The Balaban J connectivity index is 2.05. The smallest absolute Gasteiger partial charge is 0.328 e. The lowest BCUT2D eigenvalue weighted by molar-refractivity contribution is -0.194. The van der Waals surface area contributed by atoms with Gasteiger partial charge in [0.25, 0.3) is 0 Å². The van der Waals surface area contributed by atoms with Gasteiger partial charge >= 0.3 is 11.9 Å². The number of nitrogens with zero attached hydrogens (tertiary/aromatic N) is 2. The van der Waals surface area contributed by atoms with Gasteiger partial charge in [0.15, 0.2) is 6.29 Å². The second kappa shape index (κ2) is 36.1. The minimum absolute atomic E-state index is 0.0481. The number of aliphatic hydroxyl groups excluding tert-OH is 1. The number of carbonyl (C=O) groups excluding carboxylic acids is 8. The zero-order valence-corrected chi connectivity index (χ0v) is 48.7. The number of likely N-dealkylation sites (N-methyl/N-ethyl adjacent to an activating group) is 1. The quantitative estimate of drug-likeness (QED) is 0.0317. The van der Waals surface area contributed by atoms with Gasteiger partial charge < -0.3 is 70.3 Å². The van der Waals surface area contributed by atoms with E-state index in [1.807, 2.05) is 78.8 Å². The Kier molecular flexibility index (Phi) is 31.9. The third-order valence-electron chi connectivity index (χ3n) is 14.5. The molecular formula is C56H95N7O15. The van der Waals surface area contributed by atoms with Crippen LogP contribution in [-0.4, -0.2) is 184 Å². The first kappa shape index (κ1) is 68.8. The van der Waals surface area contributed by atoms with Crippen molar-refractivity contribution in [3.8, 4) is 0 Å². The van der Waals surface area contributed by atoms with Gasteiger partial charge in [-0.1, -0.05) is 92.1 Å². The Bertz CT molecular complexity index is 2010. The largest absolute Gasteiger partial charge is 0.464 e. The summed E-state index contributed by atoms with van der Waals surface area (Å²) in [6, 6.07) is 4.53. The number of amides is 6. The topological polar surface area (TPSA) is 293 Å². The molecule has 0 bridgehead atoms. The van der Waals surface area contributed by atoms with Crippen molar-refractivity contribution in [3.63, 3.8) is 0 Å². The van der Waals surface area contributed by atoms with Crippen LogP contribution in [0.5, 0.6) is 0 Å². The van der Waals surface area contributed by atoms with Crippen LogP contribution in [0.1, 0.15) is 126 Å². The molecule has 0 saturated carbocycles. The van der Waals surface area contributed by atoms with Crippen LogP contribution in [0.2, 0.25) is 0 Å². The number of nitrogens with two attached hydrogens (primary N) is 1. The summed E-state index contributed by atoms with van der Waals surface area (Å²) in [7, 11) is 6.06. The predicted octanol–water partition coefficient (Wildman–Crippen LogP) is 2.79. The number of ether oxygens (including phenoxy) is 6. The molecule has 7 N–H and O–H groups in total. The van der Waals surface area contributed by atoms with Gasteiger partial charge in [0.05, 0.1) is 62.0 Å². The second-order valence-corrected chi connectivity index (χ2v) is 21.0. The minimum atomic E-state index is -1.00. The first-order valence-corrected chi connectivity index (χ1v) is 27.7. The summed E-state index contributed by atoms with van der Waals surface area (Å²) in [5.74, 6) is -4.91. The summed E-state index contributed by atoms with van der Waals surface area (Å²) < 4.78 is 33.2. The molecule has 0 aromatic heterocycles. The zero-order valence-electron chi connectivity index (χ0n) is 48.7. The molecule has 22 heteroatoms. The van der Waals surface area contributed by atoms with Gasteiger partial charge in [-0.25, -0.2) is 4.79 Å². The minimum Gasteiger partial charge on any atom is -0.464 e. The molecule has 78 heavy (non-hydrogen) atoms. The van der Waals surface area contributed by atoms with Crippen LogP contribution in [0.3, 0.4) is 0 Å². The highest BCUT2D eigenvalue weighted by Gasteiger charge is 2.43. The van der Waals surface area contributed by atoms with Gasteiger partial charge in [-0.3, -0.25) is 33.6 Å². The summed E-state index contributed by atoms with van der Waals surface area (Å²) >= 11 is 0. The van der Waals surface area contributed by atoms with Crippen molar-refractivity contribution < 1.29 is 71.9 Å². The van der Waals surface area contributed by atoms with E-state index in [0.29, 0.717) is 32.2 Å². The molecule has 2 unspecified atom stereocenters. The maximum Gasteiger partial charge on any atom is 0.328 e. The molecule has 1 heterocycles. The van der Waals surface area contributed by atoms with Crippen LogP contribution < -0.4 is 27.0 Å². The van der Waals surface area contributed by atoms with E-state index in [2.05, 4.69) is 21.3 Å². The molecule has 1 aromatic rings. The Labute approximate surface area is 462 Å². The van der Waals surface area contributed by atoms with Gasteiger partial charge in [0, 0.05) is 60.7 Å². The Morgan fingerprint density at radius 1 is 0.808 bits per heavy atom. The van der Waals surface area contributed by atoms with E-state index in [1.54, 1.807) is 23.8 Å². The molecular weight excluding hydrogens is 1010 g/mol. The van der Waals surface area contributed by atoms with Crippen molar-refractivity contribution in [2.75, 3.05) is 61.3 Å². The van der Waals surface area contributed by atoms with Gasteiger partial charge in [0.2, 0.25) is 35.4 Å². The van der Waals surface area contributed by atoms with Crippen molar-refractivity contribution in [2.24, 2.45) is 29.4 Å². The van der Waals surface area contributed by atoms with Gasteiger partial charge in [-0.05, 0) is 62.3 Å². The van der Waals surface area contributed by atoms with Crippen molar-refractivity contribution >= 4 is 47.4 Å². The summed E-state index contributed by atoms with van der Waals surface area (Å²) in [4.78, 5) is 110. The van der Waals surface area contributed by atoms with Crippen molar-refractivity contribution in [1.29, 1.82) is 0 Å². The number of benzene rings is 1. The lowest BCUT2D eigenvalue weighted by atomic mass is 9.89. The first-order chi connectivity index (χ1) is 37.0. The SMILES string of the molecule is CCC(CO)OC(COC(=O)CCCC(=O)N[C@H](C)C(=O)OCCCNC(=O)[C@H](Cc1ccccc1)NC(=O)[C@H](C)[C@@H](OC)[C@@H]1CCCN1C(=O)C[C@@H](OC)[C@H]([C@@H](C)CC)N(C)C(=O)[C@@H](NC(=O)[C@@H](N)C(C)C)C(C)C)OC. The monoisotopic (exact) mass is 1110 g/mol. The number of hydrogen-bond donors (Lipinski definition) is 6. The molecule has 1 fully saturated rings. The molecule has 444 valence electrons. The third kappa shape index (κ3) is 22.5.